The zero-order valence-corrected chi connectivity index (χ0v) is 14.2. The van der Waals surface area contributed by atoms with E-state index in [1.165, 1.54) is 6.33 Å². The van der Waals surface area contributed by atoms with E-state index in [0.29, 0.717) is 20.9 Å². The number of amides is 1. The molecule has 3 aromatic rings. The van der Waals surface area contributed by atoms with Gasteiger partial charge in [-0.1, -0.05) is 41.4 Å². The van der Waals surface area contributed by atoms with Gasteiger partial charge in [0.1, 0.15) is 6.33 Å². The predicted molar refractivity (Wildman–Crippen MR) is 94.9 cm³/mol. The summed E-state index contributed by atoms with van der Waals surface area (Å²) < 4.78 is 5.52. The van der Waals surface area contributed by atoms with Crippen molar-refractivity contribution in [3.05, 3.63) is 58.3 Å². The fourth-order valence-electron chi connectivity index (χ4n) is 2.22. The van der Waals surface area contributed by atoms with Crippen LogP contribution < -0.4 is 10.1 Å². The van der Waals surface area contributed by atoms with E-state index < -0.39 is 0 Å². The molecule has 0 aliphatic rings. The molecule has 24 heavy (non-hydrogen) atoms. The van der Waals surface area contributed by atoms with E-state index in [9.17, 15) is 4.79 Å². The molecule has 1 heterocycles. The third-order valence-electron chi connectivity index (χ3n) is 3.38. The predicted octanol–water partition coefficient (Wildman–Crippen LogP) is 4.26. The Labute approximate surface area is 148 Å². The minimum atomic E-state index is -0.288. The zero-order valence-electron chi connectivity index (χ0n) is 12.7. The molecule has 7 heteroatoms. The molecule has 5 nitrogen and oxygen atoms in total. The van der Waals surface area contributed by atoms with Gasteiger partial charge in [0, 0.05) is 10.7 Å². The topological polar surface area (TPSA) is 64.1 Å². The first-order chi connectivity index (χ1) is 11.5. The van der Waals surface area contributed by atoms with Crippen LogP contribution in [0.15, 0.2) is 42.7 Å². The van der Waals surface area contributed by atoms with Crippen molar-refractivity contribution in [3.8, 4) is 5.88 Å². The van der Waals surface area contributed by atoms with Crippen LogP contribution in [0.1, 0.15) is 5.56 Å². The molecule has 0 radical (unpaired) electrons. The maximum absolute atomic E-state index is 12.1. The highest BCUT2D eigenvalue weighted by molar-refractivity contribution is 6.38. The van der Waals surface area contributed by atoms with Gasteiger partial charge in [0.2, 0.25) is 5.88 Å². The van der Waals surface area contributed by atoms with Gasteiger partial charge in [-0.25, -0.2) is 9.97 Å². The lowest BCUT2D eigenvalue weighted by molar-refractivity contribution is -0.118. The number of hydrogen-bond acceptors (Lipinski definition) is 4. The van der Waals surface area contributed by atoms with E-state index in [2.05, 4.69) is 15.3 Å². The number of aromatic nitrogens is 2. The minimum absolute atomic E-state index is 0.190. The highest BCUT2D eigenvalue weighted by Gasteiger charge is 2.12. The third-order valence-corrected chi connectivity index (χ3v) is 3.89. The second-order valence-electron chi connectivity index (χ2n) is 5.11. The Kier molecular flexibility index (Phi) is 4.83. The number of aryl methyl sites for hydroxylation is 1. The summed E-state index contributed by atoms with van der Waals surface area (Å²) in [6.07, 6.45) is 1.33. The lowest BCUT2D eigenvalue weighted by atomic mass is 10.2. The maximum atomic E-state index is 12.1. The van der Waals surface area contributed by atoms with Crippen LogP contribution in [0.2, 0.25) is 10.0 Å². The molecule has 0 bridgehead atoms. The second kappa shape index (κ2) is 7.03. The molecule has 0 aliphatic heterocycles. The summed E-state index contributed by atoms with van der Waals surface area (Å²) in [4.78, 5) is 20.2. The normalized spacial score (nSPS) is 10.6. The standard InChI is InChI=1S/C17H13Cl2N3O2/c1-10-4-2-3-5-14(10)22-15(23)8-24-17-12-6-11(18)7-13(19)16(12)20-9-21-17/h2-7,9H,8H2,1H3,(H,22,23). The van der Waals surface area contributed by atoms with Gasteiger partial charge in [0.05, 0.1) is 15.9 Å². The second-order valence-corrected chi connectivity index (χ2v) is 5.96. The number of benzene rings is 2. The van der Waals surface area contributed by atoms with Crippen LogP contribution in [0.5, 0.6) is 5.88 Å². The summed E-state index contributed by atoms with van der Waals surface area (Å²) in [7, 11) is 0. The van der Waals surface area contributed by atoms with Gasteiger partial charge in [0.15, 0.2) is 6.61 Å². The molecule has 0 fully saturated rings. The van der Waals surface area contributed by atoms with Crippen LogP contribution >= 0.6 is 23.2 Å². The molecule has 0 unspecified atom stereocenters. The third kappa shape index (κ3) is 3.58. The van der Waals surface area contributed by atoms with Gasteiger partial charge in [-0.05, 0) is 30.7 Å². The van der Waals surface area contributed by atoms with Crippen LogP contribution in [0, 0.1) is 6.92 Å². The van der Waals surface area contributed by atoms with E-state index in [-0.39, 0.29) is 18.4 Å². The number of fused-ring (bicyclic) bond motifs is 1. The van der Waals surface area contributed by atoms with Crippen LogP contribution in [-0.2, 0) is 4.79 Å². The largest absolute Gasteiger partial charge is 0.467 e. The number of para-hydroxylation sites is 1. The molecule has 0 spiro atoms. The number of nitrogens with zero attached hydrogens (tertiary/aromatic N) is 2. The summed E-state index contributed by atoms with van der Waals surface area (Å²) in [5.74, 6) is -0.0338. The smallest absolute Gasteiger partial charge is 0.262 e. The SMILES string of the molecule is Cc1ccccc1NC(=O)COc1ncnc2c(Cl)cc(Cl)cc12. The van der Waals surface area contributed by atoms with Gasteiger partial charge in [-0.3, -0.25) is 4.79 Å². The Hall–Kier alpha value is -2.37. The Balaban J connectivity index is 1.76. The Morgan fingerprint density at radius 3 is 2.79 bits per heavy atom. The molecular formula is C17H13Cl2N3O2. The Morgan fingerprint density at radius 1 is 1.21 bits per heavy atom. The number of rotatable bonds is 4. The number of ether oxygens (including phenoxy) is 1. The Bertz CT molecular complexity index is 915. The van der Waals surface area contributed by atoms with Crippen molar-refractivity contribution >= 4 is 45.7 Å². The number of nitrogens with one attached hydrogen (secondary N) is 1. The summed E-state index contributed by atoms with van der Waals surface area (Å²) >= 11 is 12.1. The fourth-order valence-corrected chi connectivity index (χ4v) is 2.76. The molecule has 0 atom stereocenters. The molecule has 2 aromatic carbocycles. The molecule has 0 aliphatic carbocycles. The van der Waals surface area contributed by atoms with Crippen molar-refractivity contribution in [2.45, 2.75) is 6.92 Å². The van der Waals surface area contributed by atoms with E-state index in [0.717, 1.165) is 11.3 Å². The molecule has 1 amide bonds. The molecule has 0 saturated carbocycles. The van der Waals surface area contributed by atoms with E-state index in [1.54, 1.807) is 12.1 Å². The molecule has 3 rings (SSSR count). The molecule has 1 aromatic heterocycles. The quantitative estimate of drug-likeness (QED) is 0.753. The van der Waals surface area contributed by atoms with Crippen molar-refractivity contribution in [2.75, 3.05) is 11.9 Å². The van der Waals surface area contributed by atoms with Gasteiger partial charge in [0.25, 0.3) is 5.91 Å². The fraction of sp³-hybridized carbons (Fsp3) is 0.118. The van der Waals surface area contributed by atoms with Crippen LogP contribution in [0.3, 0.4) is 0 Å². The number of carbonyl (C=O) groups excluding carboxylic acids is 1. The monoisotopic (exact) mass is 361 g/mol. The van der Waals surface area contributed by atoms with Gasteiger partial charge in [-0.2, -0.15) is 0 Å². The lowest BCUT2D eigenvalue weighted by Crippen LogP contribution is -2.21. The average Bonchev–Trinajstić information content (AvgIpc) is 2.55. The van der Waals surface area contributed by atoms with Gasteiger partial charge >= 0.3 is 0 Å². The van der Waals surface area contributed by atoms with Gasteiger partial charge < -0.3 is 10.1 Å². The van der Waals surface area contributed by atoms with Crippen molar-refractivity contribution in [2.24, 2.45) is 0 Å². The zero-order chi connectivity index (χ0) is 17.1. The first-order valence-electron chi connectivity index (χ1n) is 7.12. The van der Waals surface area contributed by atoms with Gasteiger partial charge in [-0.15, -0.1) is 0 Å². The summed E-state index contributed by atoms with van der Waals surface area (Å²) in [6, 6.07) is 10.7. The first kappa shape index (κ1) is 16.5. The van der Waals surface area contributed by atoms with E-state index in [1.807, 2.05) is 31.2 Å². The maximum Gasteiger partial charge on any atom is 0.262 e. The first-order valence-corrected chi connectivity index (χ1v) is 7.88. The summed E-state index contributed by atoms with van der Waals surface area (Å²) in [5.41, 5.74) is 2.23. The van der Waals surface area contributed by atoms with Crippen LogP contribution in [-0.4, -0.2) is 22.5 Å². The van der Waals surface area contributed by atoms with Crippen molar-refractivity contribution in [1.29, 1.82) is 0 Å². The van der Waals surface area contributed by atoms with Crippen molar-refractivity contribution < 1.29 is 9.53 Å². The number of hydrogen-bond donors (Lipinski definition) is 1. The summed E-state index contributed by atoms with van der Waals surface area (Å²) in [5, 5.41) is 4.18. The van der Waals surface area contributed by atoms with E-state index >= 15 is 0 Å². The number of halogens is 2. The Morgan fingerprint density at radius 2 is 2.00 bits per heavy atom. The average molecular weight is 362 g/mol. The van der Waals surface area contributed by atoms with Crippen LogP contribution in [0.4, 0.5) is 5.69 Å². The van der Waals surface area contributed by atoms with Crippen LogP contribution in [0.25, 0.3) is 10.9 Å². The molecule has 0 saturated heterocycles. The minimum Gasteiger partial charge on any atom is -0.467 e. The molecular weight excluding hydrogens is 349 g/mol. The summed E-state index contributed by atoms with van der Waals surface area (Å²) in [6.45, 7) is 1.73. The number of carbonyl (C=O) groups is 1. The van der Waals surface area contributed by atoms with Crippen molar-refractivity contribution in [1.82, 2.24) is 9.97 Å². The molecule has 122 valence electrons. The van der Waals surface area contributed by atoms with E-state index in [4.69, 9.17) is 27.9 Å². The molecule has 1 N–H and O–H groups in total. The number of anilines is 1. The lowest BCUT2D eigenvalue weighted by Gasteiger charge is -2.10. The van der Waals surface area contributed by atoms with Crippen molar-refractivity contribution in [3.63, 3.8) is 0 Å². The highest BCUT2D eigenvalue weighted by atomic mass is 35.5. The highest BCUT2D eigenvalue weighted by Crippen LogP contribution is 2.30.